The van der Waals surface area contributed by atoms with Crippen molar-refractivity contribution in [2.75, 3.05) is 13.1 Å². The highest BCUT2D eigenvalue weighted by molar-refractivity contribution is 5.78. The van der Waals surface area contributed by atoms with Gasteiger partial charge in [0.25, 0.3) is 0 Å². The number of benzene rings is 1. The third kappa shape index (κ3) is 3.28. The Morgan fingerprint density at radius 3 is 2.07 bits per heavy atom. The molecule has 1 aromatic carbocycles. The van der Waals surface area contributed by atoms with Gasteiger partial charge in [-0.1, -0.05) is 37.3 Å². The van der Waals surface area contributed by atoms with Crippen LogP contribution >= 0.6 is 0 Å². The molecule has 4 fully saturated rings. The number of amides is 2. The van der Waals surface area contributed by atoms with Crippen molar-refractivity contribution >= 4 is 11.8 Å². The van der Waals surface area contributed by atoms with Crippen LogP contribution in [-0.4, -0.2) is 24.9 Å². The zero-order chi connectivity index (χ0) is 19.0. The molecule has 4 heteroatoms. The Kier molecular flexibility index (Phi) is 5.00. The summed E-state index contributed by atoms with van der Waals surface area (Å²) in [5.41, 5.74) is 1.36. The number of carbonyl (C=O) groups is 2. The fraction of sp³-hybridized carbons (Fsp3) is 0.652. The standard InChI is InChI=1S/C23H32N2O2/c1-15-17-10-20-12-18(15)13-21(11-17)23(20,19-6-4-3-5-7-19)14-22(27)25-9-8-24-16(2)26/h3-7,15,17-18,20-21H,8-14H2,1-2H3,(H,24,26)(H,25,27). The van der Waals surface area contributed by atoms with Gasteiger partial charge in [-0.2, -0.15) is 0 Å². The fourth-order valence-corrected chi connectivity index (χ4v) is 6.64. The van der Waals surface area contributed by atoms with Gasteiger partial charge in [0.2, 0.25) is 11.8 Å². The molecule has 0 radical (unpaired) electrons. The lowest BCUT2D eigenvalue weighted by Crippen LogP contribution is -2.59. The van der Waals surface area contributed by atoms with Crippen molar-refractivity contribution < 1.29 is 9.59 Å². The average molecular weight is 369 g/mol. The highest BCUT2D eigenvalue weighted by Crippen LogP contribution is 2.65. The van der Waals surface area contributed by atoms with Crippen LogP contribution in [-0.2, 0) is 15.0 Å². The predicted molar refractivity (Wildman–Crippen MR) is 106 cm³/mol. The highest BCUT2D eigenvalue weighted by atomic mass is 16.2. The zero-order valence-electron chi connectivity index (χ0n) is 16.5. The Morgan fingerprint density at radius 1 is 0.963 bits per heavy atom. The number of nitrogens with one attached hydrogen (secondary N) is 2. The largest absolute Gasteiger partial charge is 0.355 e. The van der Waals surface area contributed by atoms with Gasteiger partial charge in [-0.25, -0.2) is 0 Å². The third-order valence-corrected chi connectivity index (χ3v) is 7.88. The molecule has 4 aliphatic rings. The Hall–Kier alpha value is -1.84. The number of carbonyl (C=O) groups excluding carboxylic acids is 2. The monoisotopic (exact) mass is 368 g/mol. The van der Waals surface area contributed by atoms with Gasteiger partial charge in [0.05, 0.1) is 0 Å². The molecule has 4 nitrogen and oxygen atoms in total. The molecule has 4 saturated carbocycles. The molecule has 0 aliphatic heterocycles. The fourth-order valence-electron chi connectivity index (χ4n) is 6.64. The summed E-state index contributed by atoms with van der Waals surface area (Å²) >= 11 is 0. The molecule has 4 bridgehead atoms. The maximum Gasteiger partial charge on any atom is 0.220 e. The first-order valence-corrected chi connectivity index (χ1v) is 10.6. The van der Waals surface area contributed by atoms with E-state index in [9.17, 15) is 9.59 Å². The van der Waals surface area contributed by atoms with Crippen LogP contribution in [0.4, 0.5) is 0 Å². The zero-order valence-corrected chi connectivity index (χ0v) is 16.5. The maximum atomic E-state index is 12.9. The van der Waals surface area contributed by atoms with E-state index in [1.165, 1.54) is 38.2 Å². The average Bonchev–Trinajstić information content (AvgIpc) is 2.64. The van der Waals surface area contributed by atoms with Gasteiger partial charge in [-0.3, -0.25) is 9.59 Å². The first-order valence-electron chi connectivity index (χ1n) is 10.6. The Bertz CT molecular complexity index is 670. The molecule has 0 saturated heterocycles. The Labute approximate surface area is 162 Å². The van der Waals surface area contributed by atoms with Crippen LogP contribution in [0.2, 0.25) is 0 Å². The SMILES string of the molecule is CC(=O)NCCNC(=O)CC1(c2ccccc2)C2CC3CC1CC(C2)C3C. The lowest BCUT2D eigenvalue weighted by molar-refractivity contribution is -0.133. The first-order chi connectivity index (χ1) is 13.0. The molecular weight excluding hydrogens is 336 g/mol. The molecule has 1 aromatic rings. The molecule has 146 valence electrons. The van der Waals surface area contributed by atoms with Gasteiger partial charge in [-0.05, 0) is 60.8 Å². The van der Waals surface area contributed by atoms with E-state index in [2.05, 4.69) is 47.9 Å². The van der Waals surface area contributed by atoms with Crippen LogP contribution in [0.25, 0.3) is 0 Å². The summed E-state index contributed by atoms with van der Waals surface area (Å²) in [7, 11) is 0. The lowest BCUT2D eigenvalue weighted by Gasteiger charge is -2.63. The van der Waals surface area contributed by atoms with Gasteiger partial charge >= 0.3 is 0 Å². The topological polar surface area (TPSA) is 58.2 Å². The van der Waals surface area contributed by atoms with Crippen molar-refractivity contribution in [1.29, 1.82) is 0 Å². The maximum absolute atomic E-state index is 12.9. The molecule has 0 heterocycles. The summed E-state index contributed by atoms with van der Waals surface area (Å²) in [6.07, 6.45) is 5.70. The molecule has 4 aliphatic carbocycles. The van der Waals surface area contributed by atoms with E-state index in [0.29, 0.717) is 31.3 Å². The molecule has 0 atom stereocenters. The summed E-state index contributed by atoms with van der Waals surface area (Å²) in [5, 5.41) is 5.80. The van der Waals surface area contributed by atoms with E-state index in [-0.39, 0.29) is 17.2 Å². The van der Waals surface area contributed by atoms with Crippen LogP contribution in [0.5, 0.6) is 0 Å². The molecule has 27 heavy (non-hydrogen) atoms. The van der Waals surface area contributed by atoms with E-state index >= 15 is 0 Å². The number of hydrogen-bond donors (Lipinski definition) is 2. The smallest absolute Gasteiger partial charge is 0.220 e. The third-order valence-electron chi connectivity index (χ3n) is 7.88. The Morgan fingerprint density at radius 2 is 1.52 bits per heavy atom. The van der Waals surface area contributed by atoms with Gasteiger partial charge in [0.15, 0.2) is 0 Å². The Balaban J connectivity index is 1.54. The van der Waals surface area contributed by atoms with Gasteiger partial charge in [0.1, 0.15) is 0 Å². The first kappa shape index (κ1) is 18.5. The summed E-state index contributed by atoms with van der Waals surface area (Å²) < 4.78 is 0. The van der Waals surface area contributed by atoms with Gasteiger partial charge in [-0.15, -0.1) is 0 Å². The normalized spacial score (nSPS) is 36.4. The minimum atomic E-state index is -0.0554. The van der Waals surface area contributed by atoms with Crippen molar-refractivity contribution in [2.45, 2.75) is 51.4 Å². The van der Waals surface area contributed by atoms with Gasteiger partial charge in [0, 0.05) is 31.8 Å². The molecule has 5 rings (SSSR count). The molecule has 0 spiro atoms. The molecular formula is C23H32N2O2. The summed E-state index contributed by atoms with van der Waals surface area (Å²) in [6.45, 7) is 4.95. The van der Waals surface area contributed by atoms with Crippen molar-refractivity contribution in [3.05, 3.63) is 35.9 Å². The molecule has 0 aromatic heterocycles. The molecule has 2 amide bonds. The summed E-state index contributed by atoms with van der Waals surface area (Å²) in [6, 6.07) is 10.8. The summed E-state index contributed by atoms with van der Waals surface area (Å²) in [5.74, 6) is 3.89. The number of hydrogen-bond acceptors (Lipinski definition) is 2. The van der Waals surface area contributed by atoms with E-state index < -0.39 is 0 Å². The summed E-state index contributed by atoms with van der Waals surface area (Å²) in [4.78, 5) is 23.9. The van der Waals surface area contributed by atoms with Crippen molar-refractivity contribution in [1.82, 2.24) is 10.6 Å². The van der Waals surface area contributed by atoms with E-state index in [0.717, 1.165) is 17.8 Å². The second kappa shape index (κ2) is 7.29. The molecule has 0 unspecified atom stereocenters. The highest BCUT2D eigenvalue weighted by Gasteiger charge is 2.60. The van der Waals surface area contributed by atoms with E-state index in [1.54, 1.807) is 0 Å². The number of rotatable bonds is 6. The predicted octanol–water partition coefficient (Wildman–Crippen LogP) is 3.27. The molecule has 2 N–H and O–H groups in total. The van der Waals surface area contributed by atoms with E-state index in [4.69, 9.17) is 0 Å². The second-order valence-corrected chi connectivity index (χ2v) is 9.13. The van der Waals surface area contributed by atoms with Crippen LogP contribution in [0.1, 0.15) is 51.5 Å². The second-order valence-electron chi connectivity index (χ2n) is 9.13. The van der Waals surface area contributed by atoms with Crippen molar-refractivity contribution in [2.24, 2.45) is 29.6 Å². The van der Waals surface area contributed by atoms with Crippen LogP contribution < -0.4 is 10.6 Å². The van der Waals surface area contributed by atoms with Crippen LogP contribution in [0.15, 0.2) is 30.3 Å². The van der Waals surface area contributed by atoms with Gasteiger partial charge < -0.3 is 10.6 Å². The minimum Gasteiger partial charge on any atom is -0.355 e. The van der Waals surface area contributed by atoms with E-state index in [1.807, 2.05) is 0 Å². The quantitative estimate of drug-likeness (QED) is 0.757. The minimum absolute atomic E-state index is 0.00745. The van der Waals surface area contributed by atoms with Crippen LogP contribution in [0, 0.1) is 29.6 Å². The van der Waals surface area contributed by atoms with Crippen molar-refractivity contribution in [3.8, 4) is 0 Å². The van der Waals surface area contributed by atoms with Crippen molar-refractivity contribution in [3.63, 3.8) is 0 Å². The van der Waals surface area contributed by atoms with Crippen LogP contribution in [0.3, 0.4) is 0 Å². The lowest BCUT2D eigenvalue weighted by atomic mass is 9.41.